The number of alkyl halides is 3. The number of pyridine rings is 1. The fourth-order valence-corrected chi connectivity index (χ4v) is 3.52. The van der Waals surface area contributed by atoms with E-state index in [1.54, 1.807) is 24.3 Å². The molecule has 11 heteroatoms. The van der Waals surface area contributed by atoms with Crippen LogP contribution in [0.3, 0.4) is 0 Å². The lowest BCUT2D eigenvalue weighted by atomic mass is 10.1. The largest absolute Gasteiger partial charge is 0.534 e. The molecule has 7 nitrogen and oxygen atoms in total. The second kappa shape index (κ2) is 8.07. The predicted molar refractivity (Wildman–Crippen MR) is 96.6 cm³/mol. The van der Waals surface area contributed by atoms with Gasteiger partial charge in [-0.05, 0) is 17.7 Å². The molecule has 0 atom stereocenters. The van der Waals surface area contributed by atoms with Crippen LogP contribution in [0.15, 0.2) is 35.1 Å². The molecule has 0 spiro atoms. The maximum Gasteiger partial charge on any atom is 0.534 e. The monoisotopic (exact) mass is 433 g/mol. The van der Waals surface area contributed by atoms with E-state index in [1.165, 1.54) is 11.7 Å². The first kappa shape index (κ1) is 21.2. The lowest BCUT2D eigenvalue weighted by molar-refractivity contribution is -0.0500. The van der Waals surface area contributed by atoms with E-state index in [1.807, 2.05) is 0 Å². The zero-order chi connectivity index (χ0) is 21.2. The number of hydrogen-bond acceptors (Lipinski definition) is 6. The van der Waals surface area contributed by atoms with Crippen molar-refractivity contribution < 1.29 is 35.2 Å². The van der Waals surface area contributed by atoms with Gasteiger partial charge in [-0.3, -0.25) is 4.79 Å². The summed E-state index contributed by atoms with van der Waals surface area (Å²) in [5, 5.41) is 0. The Bertz CT molecular complexity index is 1040. The van der Waals surface area contributed by atoms with Gasteiger partial charge >= 0.3 is 15.6 Å². The van der Waals surface area contributed by atoms with Crippen LogP contribution in [0.1, 0.15) is 16.8 Å². The smallest absolute Gasteiger partial charge is 0.497 e. The molecule has 0 unspecified atom stereocenters. The Hall–Kier alpha value is -2.53. The minimum atomic E-state index is -5.90. The molecule has 0 aliphatic carbocycles. The lowest BCUT2D eigenvalue weighted by Crippen LogP contribution is -2.31. The highest BCUT2D eigenvalue weighted by atomic mass is 32.2. The Morgan fingerprint density at radius 2 is 1.79 bits per heavy atom. The normalized spacial score (nSPS) is 14.8. The molecule has 0 saturated carbocycles. The second-order valence-corrected chi connectivity index (χ2v) is 7.84. The van der Waals surface area contributed by atoms with Gasteiger partial charge < -0.3 is 18.2 Å². The average molecular weight is 433 g/mol. The van der Waals surface area contributed by atoms with E-state index in [2.05, 4.69) is 4.18 Å². The summed E-state index contributed by atoms with van der Waals surface area (Å²) >= 11 is 0. The lowest BCUT2D eigenvalue weighted by Gasteiger charge is -2.19. The van der Waals surface area contributed by atoms with Crippen LogP contribution in [-0.4, -0.2) is 38.8 Å². The van der Waals surface area contributed by atoms with Crippen molar-refractivity contribution in [3.63, 3.8) is 0 Å². The predicted octanol–water partition coefficient (Wildman–Crippen LogP) is 2.25. The van der Waals surface area contributed by atoms with Gasteiger partial charge in [-0.2, -0.15) is 21.6 Å². The van der Waals surface area contributed by atoms with Crippen LogP contribution >= 0.6 is 0 Å². The summed E-state index contributed by atoms with van der Waals surface area (Å²) < 4.78 is 77.2. The fourth-order valence-electron chi connectivity index (χ4n) is 3.04. The van der Waals surface area contributed by atoms with E-state index < -0.39 is 26.9 Å². The van der Waals surface area contributed by atoms with E-state index in [4.69, 9.17) is 9.47 Å². The van der Waals surface area contributed by atoms with Gasteiger partial charge in [-0.25, -0.2) is 0 Å². The second-order valence-electron chi connectivity index (χ2n) is 6.30. The zero-order valence-electron chi connectivity index (χ0n) is 15.4. The molecular formula is C18H18F3NO6S. The summed E-state index contributed by atoms with van der Waals surface area (Å²) in [6, 6.07) is 7.72. The van der Waals surface area contributed by atoms with Crippen LogP contribution < -0.4 is 14.5 Å². The molecule has 29 heavy (non-hydrogen) atoms. The number of halogens is 3. The van der Waals surface area contributed by atoms with Gasteiger partial charge in [-0.1, -0.05) is 12.1 Å². The van der Waals surface area contributed by atoms with Crippen molar-refractivity contribution >= 4 is 10.1 Å². The number of ether oxygens (including phenoxy) is 2. The quantitative estimate of drug-likeness (QED) is 0.531. The van der Waals surface area contributed by atoms with E-state index in [-0.39, 0.29) is 38.2 Å². The third-order valence-electron chi connectivity index (χ3n) is 4.45. The zero-order valence-corrected chi connectivity index (χ0v) is 16.2. The van der Waals surface area contributed by atoms with Crippen molar-refractivity contribution in [2.45, 2.75) is 24.9 Å². The maximum atomic E-state index is 12.7. The molecule has 1 aromatic heterocycles. The van der Waals surface area contributed by atoms with Gasteiger partial charge in [0.25, 0.3) is 5.56 Å². The van der Waals surface area contributed by atoms with Crippen LogP contribution in [0.4, 0.5) is 13.2 Å². The maximum absolute atomic E-state index is 12.7. The molecule has 3 rings (SSSR count). The highest BCUT2D eigenvalue weighted by Gasteiger charge is 2.49. The molecule has 1 aliphatic rings. The van der Waals surface area contributed by atoms with Crippen molar-refractivity contribution in [3.8, 4) is 11.5 Å². The Morgan fingerprint density at radius 3 is 2.41 bits per heavy atom. The average Bonchev–Trinajstić information content (AvgIpc) is 2.90. The third kappa shape index (κ3) is 4.56. The van der Waals surface area contributed by atoms with Gasteiger partial charge in [-0.15, -0.1) is 0 Å². The van der Waals surface area contributed by atoms with Gasteiger partial charge in [0.1, 0.15) is 5.75 Å². The third-order valence-corrected chi connectivity index (χ3v) is 5.42. The van der Waals surface area contributed by atoms with Crippen molar-refractivity contribution in [1.82, 2.24) is 4.57 Å². The molecule has 0 saturated heterocycles. The Balaban J connectivity index is 2.06. The molecular weight excluding hydrogens is 415 g/mol. The summed E-state index contributed by atoms with van der Waals surface area (Å²) in [6.07, 6.45) is 0.338. The number of aromatic nitrogens is 1. The van der Waals surface area contributed by atoms with Crippen LogP contribution in [-0.2, 0) is 34.2 Å². The summed E-state index contributed by atoms with van der Waals surface area (Å²) in [5.74, 6) is 0.0215. The van der Waals surface area contributed by atoms with Crippen molar-refractivity contribution in [1.29, 1.82) is 0 Å². The number of fused-ring (bicyclic) bond motifs is 1. The number of nitrogens with zero attached hydrogens (tertiary/aromatic N) is 1. The van der Waals surface area contributed by atoms with Crippen LogP contribution in [0, 0.1) is 0 Å². The number of hydrogen-bond donors (Lipinski definition) is 0. The van der Waals surface area contributed by atoms with Gasteiger partial charge in [0.2, 0.25) is 0 Å². The van der Waals surface area contributed by atoms with Gasteiger partial charge in [0, 0.05) is 30.2 Å². The molecule has 0 amide bonds. The first-order chi connectivity index (χ1) is 13.6. The van der Waals surface area contributed by atoms with Crippen molar-refractivity contribution in [2.24, 2.45) is 0 Å². The number of benzene rings is 1. The summed E-state index contributed by atoms with van der Waals surface area (Å²) in [5.41, 5.74) is -4.91. The molecule has 0 N–H and O–H groups in total. The number of methoxy groups -OCH3 is 1. The first-order valence-electron chi connectivity index (χ1n) is 8.59. The minimum Gasteiger partial charge on any atom is -0.497 e. The minimum absolute atomic E-state index is 0.112. The fraction of sp³-hybridized carbons (Fsp3) is 0.389. The Morgan fingerprint density at radius 1 is 1.14 bits per heavy atom. The SMILES string of the molecule is COc1ccc(Cn2c3c(c(OS(=O)(=O)C(F)(F)F)cc2=O)CCOCC3)cc1. The van der Waals surface area contributed by atoms with E-state index in [9.17, 15) is 26.4 Å². The molecule has 0 fully saturated rings. The Labute approximate surface area is 164 Å². The highest BCUT2D eigenvalue weighted by molar-refractivity contribution is 7.88. The van der Waals surface area contributed by atoms with Crippen LogP contribution in [0.25, 0.3) is 0 Å². The Kier molecular flexibility index (Phi) is 5.90. The summed E-state index contributed by atoms with van der Waals surface area (Å²) in [6.45, 7) is 0.554. The van der Waals surface area contributed by atoms with Crippen LogP contribution in [0.2, 0.25) is 0 Å². The highest BCUT2D eigenvalue weighted by Crippen LogP contribution is 2.31. The molecule has 0 bridgehead atoms. The van der Waals surface area contributed by atoms with Crippen LogP contribution in [0.5, 0.6) is 11.5 Å². The molecule has 2 heterocycles. The van der Waals surface area contributed by atoms with Crippen molar-refractivity contribution in [2.75, 3.05) is 20.3 Å². The van der Waals surface area contributed by atoms with E-state index in [0.717, 1.165) is 11.6 Å². The first-order valence-corrected chi connectivity index (χ1v) is 10.0. The standard InChI is InChI=1S/C18H18F3NO6S/c1-26-13-4-2-12(3-5-13)11-22-15-7-9-27-8-6-14(15)16(10-17(22)23)28-29(24,25)18(19,20)21/h2-5,10H,6-9,11H2,1H3. The molecule has 2 aromatic rings. The van der Waals surface area contributed by atoms with Gasteiger partial charge in [0.05, 0.1) is 26.9 Å². The van der Waals surface area contributed by atoms with E-state index >= 15 is 0 Å². The topological polar surface area (TPSA) is 83.8 Å². The molecule has 0 radical (unpaired) electrons. The molecule has 158 valence electrons. The van der Waals surface area contributed by atoms with Crippen molar-refractivity contribution in [3.05, 3.63) is 57.5 Å². The summed E-state index contributed by atoms with van der Waals surface area (Å²) in [7, 11) is -4.37. The molecule has 1 aliphatic heterocycles. The van der Waals surface area contributed by atoms with E-state index in [0.29, 0.717) is 11.4 Å². The molecule has 1 aromatic carbocycles. The number of rotatable bonds is 5. The summed E-state index contributed by atoms with van der Waals surface area (Å²) in [4.78, 5) is 12.6. The van der Waals surface area contributed by atoms with Gasteiger partial charge in [0.15, 0.2) is 5.75 Å².